The van der Waals surface area contributed by atoms with Gasteiger partial charge in [-0.05, 0) is 38.2 Å². The Balaban J connectivity index is 1.45. The first-order valence-corrected chi connectivity index (χ1v) is 11.6. The number of nitrogens with zero attached hydrogens (tertiary/aromatic N) is 2. The van der Waals surface area contributed by atoms with Crippen molar-refractivity contribution in [1.29, 1.82) is 0 Å². The highest BCUT2D eigenvalue weighted by Gasteiger charge is 2.20. The van der Waals surface area contributed by atoms with E-state index >= 15 is 0 Å². The molecule has 5 nitrogen and oxygen atoms in total. The molecule has 1 aromatic carbocycles. The van der Waals surface area contributed by atoms with Crippen LogP contribution in [0.15, 0.2) is 23.6 Å². The number of rotatable bonds is 6. The lowest BCUT2D eigenvalue weighted by Gasteiger charge is -2.30. The second-order valence-electron chi connectivity index (χ2n) is 7.46. The number of benzene rings is 1. The Labute approximate surface area is 174 Å². The summed E-state index contributed by atoms with van der Waals surface area (Å²) in [5.74, 6) is 1.33. The molecule has 2 heterocycles. The molecule has 0 spiro atoms. The molecule has 0 saturated carbocycles. The molecule has 1 saturated heterocycles. The molecular weight excluding hydrogens is 390 g/mol. The number of thioether (sulfide) groups is 1. The van der Waals surface area contributed by atoms with Crippen LogP contribution in [-0.4, -0.2) is 46.3 Å². The summed E-state index contributed by atoms with van der Waals surface area (Å²) in [7, 11) is 0. The van der Waals surface area contributed by atoms with Crippen molar-refractivity contribution in [2.45, 2.75) is 33.6 Å². The number of thiazole rings is 1. The SMILES string of the molecule is Cc1ccc(-c2csc(NC(=O)CSCC(=O)N3CCC(C)CC3)n2)c(C)c1. The molecule has 150 valence electrons. The van der Waals surface area contributed by atoms with Crippen LogP contribution in [0.2, 0.25) is 0 Å². The van der Waals surface area contributed by atoms with E-state index in [2.05, 4.69) is 49.3 Å². The summed E-state index contributed by atoms with van der Waals surface area (Å²) < 4.78 is 0. The summed E-state index contributed by atoms with van der Waals surface area (Å²) >= 11 is 2.78. The van der Waals surface area contributed by atoms with Crippen molar-refractivity contribution in [1.82, 2.24) is 9.88 Å². The number of likely N-dealkylation sites (tertiary alicyclic amines) is 1. The third kappa shape index (κ3) is 5.58. The highest BCUT2D eigenvalue weighted by molar-refractivity contribution is 8.00. The molecule has 1 N–H and O–H groups in total. The van der Waals surface area contributed by atoms with Gasteiger partial charge in [-0.15, -0.1) is 23.1 Å². The maximum atomic E-state index is 12.2. The van der Waals surface area contributed by atoms with Gasteiger partial charge in [0.05, 0.1) is 17.2 Å². The smallest absolute Gasteiger partial charge is 0.236 e. The van der Waals surface area contributed by atoms with E-state index < -0.39 is 0 Å². The van der Waals surface area contributed by atoms with Gasteiger partial charge in [0.2, 0.25) is 11.8 Å². The number of hydrogen-bond donors (Lipinski definition) is 1. The molecule has 28 heavy (non-hydrogen) atoms. The minimum atomic E-state index is -0.119. The quantitative estimate of drug-likeness (QED) is 0.759. The molecule has 7 heteroatoms. The van der Waals surface area contributed by atoms with E-state index in [1.807, 2.05) is 10.3 Å². The molecule has 3 rings (SSSR count). The zero-order valence-electron chi connectivity index (χ0n) is 16.7. The standard InChI is InChI=1S/C21H27N3O2S2/c1-14-6-8-24(9-7-14)20(26)13-27-12-19(25)23-21-22-18(11-28-21)17-5-4-15(2)10-16(17)3/h4-5,10-11,14H,6-9,12-13H2,1-3H3,(H,22,23,25). The summed E-state index contributed by atoms with van der Waals surface area (Å²) in [5, 5.41) is 5.40. The van der Waals surface area contributed by atoms with Gasteiger partial charge < -0.3 is 10.2 Å². The van der Waals surface area contributed by atoms with E-state index in [0.717, 1.165) is 37.2 Å². The third-order valence-electron chi connectivity index (χ3n) is 5.00. The van der Waals surface area contributed by atoms with Gasteiger partial charge in [0.15, 0.2) is 5.13 Å². The average molecular weight is 418 g/mol. The van der Waals surface area contributed by atoms with E-state index in [0.29, 0.717) is 16.8 Å². The first-order valence-electron chi connectivity index (χ1n) is 9.61. The molecule has 0 radical (unpaired) electrons. The molecule has 1 fully saturated rings. The molecular formula is C21H27N3O2S2. The van der Waals surface area contributed by atoms with E-state index in [-0.39, 0.29) is 17.6 Å². The molecule has 1 aliphatic rings. The number of piperidine rings is 1. The van der Waals surface area contributed by atoms with Crippen LogP contribution in [0.25, 0.3) is 11.3 Å². The number of carbonyl (C=O) groups excluding carboxylic acids is 2. The predicted octanol–water partition coefficient (Wildman–Crippen LogP) is 4.36. The molecule has 2 aromatic rings. The number of carbonyl (C=O) groups is 2. The fraction of sp³-hybridized carbons (Fsp3) is 0.476. The van der Waals surface area contributed by atoms with Gasteiger partial charge in [0, 0.05) is 24.0 Å². The first kappa shape index (κ1) is 20.9. The Morgan fingerprint density at radius 2 is 2.00 bits per heavy atom. The summed E-state index contributed by atoms with van der Waals surface area (Å²) in [6.45, 7) is 8.04. The van der Waals surface area contributed by atoms with Gasteiger partial charge in [0.25, 0.3) is 0 Å². The van der Waals surface area contributed by atoms with Gasteiger partial charge in [-0.25, -0.2) is 4.98 Å². The van der Waals surface area contributed by atoms with Crippen LogP contribution in [0.4, 0.5) is 5.13 Å². The summed E-state index contributed by atoms with van der Waals surface area (Å²) in [6, 6.07) is 6.26. The van der Waals surface area contributed by atoms with Gasteiger partial charge in [-0.3, -0.25) is 9.59 Å². The van der Waals surface area contributed by atoms with E-state index in [4.69, 9.17) is 0 Å². The maximum Gasteiger partial charge on any atom is 0.236 e. The van der Waals surface area contributed by atoms with Crippen molar-refractivity contribution in [3.8, 4) is 11.3 Å². The van der Waals surface area contributed by atoms with Gasteiger partial charge in [-0.2, -0.15) is 0 Å². The minimum Gasteiger partial charge on any atom is -0.342 e. The van der Waals surface area contributed by atoms with Crippen molar-refractivity contribution in [2.75, 3.05) is 29.9 Å². The molecule has 0 bridgehead atoms. The number of nitrogens with one attached hydrogen (secondary N) is 1. The van der Waals surface area contributed by atoms with E-state index in [9.17, 15) is 9.59 Å². The van der Waals surface area contributed by atoms with Crippen LogP contribution < -0.4 is 5.32 Å². The normalized spacial score (nSPS) is 14.9. The fourth-order valence-electron chi connectivity index (χ4n) is 3.29. The number of amides is 2. The summed E-state index contributed by atoms with van der Waals surface area (Å²) in [4.78, 5) is 30.9. The molecule has 0 aliphatic carbocycles. The summed E-state index contributed by atoms with van der Waals surface area (Å²) in [5.41, 5.74) is 4.35. The Morgan fingerprint density at radius 3 is 2.71 bits per heavy atom. The number of aromatic nitrogens is 1. The zero-order valence-corrected chi connectivity index (χ0v) is 18.3. The van der Waals surface area contributed by atoms with Crippen LogP contribution >= 0.6 is 23.1 Å². The Hall–Kier alpha value is -1.86. The zero-order chi connectivity index (χ0) is 20.1. The maximum absolute atomic E-state index is 12.2. The number of hydrogen-bond acceptors (Lipinski definition) is 5. The molecule has 2 amide bonds. The lowest BCUT2D eigenvalue weighted by Crippen LogP contribution is -2.39. The van der Waals surface area contributed by atoms with Crippen molar-refractivity contribution in [3.63, 3.8) is 0 Å². The minimum absolute atomic E-state index is 0.119. The van der Waals surface area contributed by atoms with Crippen molar-refractivity contribution < 1.29 is 9.59 Å². The van der Waals surface area contributed by atoms with E-state index in [1.54, 1.807) is 0 Å². The largest absolute Gasteiger partial charge is 0.342 e. The topological polar surface area (TPSA) is 62.3 Å². The van der Waals surface area contributed by atoms with Gasteiger partial charge in [0.1, 0.15) is 0 Å². The predicted molar refractivity (Wildman–Crippen MR) is 118 cm³/mol. The molecule has 1 aliphatic heterocycles. The Bertz CT molecular complexity index is 842. The molecule has 1 aromatic heterocycles. The van der Waals surface area contributed by atoms with Crippen LogP contribution in [0.1, 0.15) is 30.9 Å². The first-order chi connectivity index (χ1) is 13.4. The lowest BCUT2D eigenvalue weighted by molar-refractivity contribution is -0.129. The number of aryl methyl sites for hydroxylation is 2. The van der Waals surface area contributed by atoms with Crippen LogP contribution in [0, 0.1) is 19.8 Å². The van der Waals surface area contributed by atoms with Gasteiger partial charge in [-0.1, -0.05) is 30.7 Å². The van der Waals surface area contributed by atoms with Crippen molar-refractivity contribution >= 4 is 40.0 Å². The van der Waals surface area contributed by atoms with Crippen LogP contribution in [-0.2, 0) is 9.59 Å². The monoisotopic (exact) mass is 417 g/mol. The molecule has 0 unspecified atom stereocenters. The molecule has 0 atom stereocenters. The number of anilines is 1. The van der Waals surface area contributed by atoms with E-state index in [1.165, 1.54) is 34.2 Å². The fourth-order valence-corrected chi connectivity index (χ4v) is 4.74. The third-order valence-corrected chi connectivity index (χ3v) is 6.68. The Kier molecular flexibility index (Phi) is 7.13. The van der Waals surface area contributed by atoms with Crippen LogP contribution in [0.5, 0.6) is 0 Å². The highest BCUT2D eigenvalue weighted by Crippen LogP contribution is 2.28. The lowest BCUT2D eigenvalue weighted by atomic mass is 9.99. The summed E-state index contributed by atoms with van der Waals surface area (Å²) in [6.07, 6.45) is 2.15. The van der Waals surface area contributed by atoms with Crippen molar-refractivity contribution in [3.05, 3.63) is 34.7 Å². The van der Waals surface area contributed by atoms with Gasteiger partial charge >= 0.3 is 0 Å². The van der Waals surface area contributed by atoms with Crippen molar-refractivity contribution in [2.24, 2.45) is 5.92 Å². The highest BCUT2D eigenvalue weighted by atomic mass is 32.2. The second-order valence-corrected chi connectivity index (χ2v) is 9.30. The average Bonchev–Trinajstić information content (AvgIpc) is 3.10. The Morgan fingerprint density at radius 1 is 1.25 bits per heavy atom. The van der Waals surface area contributed by atoms with Crippen LogP contribution in [0.3, 0.4) is 0 Å². The second kappa shape index (κ2) is 9.56.